The van der Waals surface area contributed by atoms with Gasteiger partial charge in [-0.1, -0.05) is 11.6 Å². The second-order valence-electron chi connectivity index (χ2n) is 6.79. The molecule has 1 aromatic rings. The molecule has 1 amide bonds. The normalized spacial score (nSPS) is 19.9. The first-order valence-corrected chi connectivity index (χ1v) is 10.7. The van der Waals surface area contributed by atoms with Crippen LogP contribution >= 0.6 is 11.6 Å². The standard InChI is InChI=1S/C17H24ClN3O3S/c18-15-7-6-14(25(23,24)21-10-4-5-11-21)12-16(15)19-17(22)13-20-8-2-1-3-9-20/h6-7,12H,1-5,8-11,13H2,(H,19,22)/p+1. The zero-order valence-electron chi connectivity index (χ0n) is 14.3. The van der Waals surface area contributed by atoms with E-state index in [0.717, 1.165) is 38.8 Å². The van der Waals surface area contributed by atoms with Crippen molar-refractivity contribution in [2.75, 3.05) is 38.0 Å². The quantitative estimate of drug-likeness (QED) is 0.797. The van der Waals surface area contributed by atoms with E-state index in [1.54, 1.807) is 0 Å². The Bertz CT molecular complexity index is 727. The summed E-state index contributed by atoms with van der Waals surface area (Å²) in [5.41, 5.74) is 0.364. The molecule has 2 saturated heterocycles. The number of carbonyl (C=O) groups excluding carboxylic acids is 1. The van der Waals surface area contributed by atoms with Gasteiger partial charge in [0.15, 0.2) is 6.54 Å². The Morgan fingerprint density at radius 1 is 1.12 bits per heavy atom. The maximum Gasteiger partial charge on any atom is 0.279 e. The Morgan fingerprint density at radius 2 is 1.80 bits per heavy atom. The van der Waals surface area contributed by atoms with Crippen molar-refractivity contribution in [3.63, 3.8) is 0 Å². The zero-order valence-corrected chi connectivity index (χ0v) is 15.8. The summed E-state index contributed by atoms with van der Waals surface area (Å²) in [4.78, 5) is 13.7. The Kier molecular flexibility index (Phi) is 5.99. The SMILES string of the molecule is O=C(C[NH+]1CCCCC1)Nc1cc(S(=O)(=O)N2CCCC2)ccc1Cl. The Hall–Kier alpha value is -1.15. The van der Waals surface area contributed by atoms with Gasteiger partial charge in [0.25, 0.3) is 5.91 Å². The number of quaternary nitrogens is 1. The van der Waals surface area contributed by atoms with Crippen LogP contribution in [0.3, 0.4) is 0 Å². The molecule has 0 radical (unpaired) electrons. The number of hydrogen-bond acceptors (Lipinski definition) is 3. The van der Waals surface area contributed by atoms with Gasteiger partial charge in [-0.25, -0.2) is 8.42 Å². The molecule has 8 heteroatoms. The molecule has 2 fully saturated rings. The molecular formula is C17H25ClN3O3S+. The van der Waals surface area contributed by atoms with E-state index in [4.69, 9.17) is 11.6 Å². The third kappa shape index (κ3) is 4.53. The van der Waals surface area contributed by atoms with Crippen molar-refractivity contribution < 1.29 is 18.1 Å². The number of rotatable bonds is 5. The number of amides is 1. The summed E-state index contributed by atoms with van der Waals surface area (Å²) in [5.74, 6) is -0.130. The van der Waals surface area contributed by atoms with Crippen molar-refractivity contribution in [1.29, 1.82) is 0 Å². The fraction of sp³-hybridized carbons (Fsp3) is 0.588. The van der Waals surface area contributed by atoms with E-state index in [9.17, 15) is 13.2 Å². The van der Waals surface area contributed by atoms with Crippen molar-refractivity contribution in [2.45, 2.75) is 37.0 Å². The lowest BCUT2D eigenvalue weighted by Gasteiger charge is -2.23. The summed E-state index contributed by atoms with van der Waals surface area (Å²) in [6, 6.07) is 4.51. The van der Waals surface area contributed by atoms with E-state index in [0.29, 0.717) is 30.3 Å². The number of hydrogen-bond donors (Lipinski definition) is 2. The van der Waals surface area contributed by atoms with Crippen LogP contribution in [0.25, 0.3) is 0 Å². The molecule has 0 spiro atoms. The van der Waals surface area contributed by atoms with E-state index < -0.39 is 10.0 Å². The molecule has 0 atom stereocenters. The van der Waals surface area contributed by atoms with Gasteiger partial charge >= 0.3 is 0 Å². The monoisotopic (exact) mass is 386 g/mol. The fourth-order valence-electron chi connectivity index (χ4n) is 3.49. The molecule has 25 heavy (non-hydrogen) atoms. The Morgan fingerprint density at radius 3 is 2.48 bits per heavy atom. The predicted octanol–water partition coefficient (Wildman–Crippen LogP) is 1.13. The van der Waals surface area contributed by atoms with Crippen LogP contribution < -0.4 is 10.2 Å². The van der Waals surface area contributed by atoms with Crippen LogP contribution in [0.5, 0.6) is 0 Å². The Labute approximate surface area is 154 Å². The zero-order chi connectivity index (χ0) is 17.9. The first kappa shape index (κ1) is 18.6. The summed E-state index contributed by atoms with van der Waals surface area (Å²) in [5, 5.41) is 3.14. The average molecular weight is 387 g/mol. The lowest BCUT2D eigenvalue weighted by atomic mass is 10.1. The molecule has 138 valence electrons. The van der Waals surface area contributed by atoms with Crippen LogP contribution in [-0.4, -0.2) is 51.4 Å². The lowest BCUT2D eigenvalue weighted by Crippen LogP contribution is -3.13. The predicted molar refractivity (Wildman–Crippen MR) is 97.5 cm³/mol. The molecule has 0 saturated carbocycles. The van der Waals surface area contributed by atoms with Gasteiger partial charge in [-0.2, -0.15) is 4.31 Å². The van der Waals surface area contributed by atoms with Gasteiger partial charge in [-0.05, 0) is 50.3 Å². The highest BCUT2D eigenvalue weighted by molar-refractivity contribution is 7.89. The van der Waals surface area contributed by atoms with Gasteiger partial charge in [0.2, 0.25) is 10.0 Å². The van der Waals surface area contributed by atoms with Crippen molar-refractivity contribution in [3.8, 4) is 0 Å². The van der Waals surface area contributed by atoms with Crippen molar-refractivity contribution >= 4 is 33.2 Å². The summed E-state index contributed by atoms with van der Waals surface area (Å²) in [6.45, 7) is 3.49. The van der Waals surface area contributed by atoms with Gasteiger partial charge < -0.3 is 10.2 Å². The smallest absolute Gasteiger partial charge is 0.279 e. The van der Waals surface area contributed by atoms with E-state index in [1.807, 2.05) is 0 Å². The molecule has 0 aliphatic carbocycles. The van der Waals surface area contributed by atoms with E-state index in [-0.39, 0.29) is 10.8 Å². The van der Waals surface area contributed by atoms with Gasteiger partial charge in [0.05, 0.1) is 28.7 Å². The number of carbonyl (C=O) groups is 1. The largest absolute Gasteiger partial charge is 0.327 e. The molecule has 2 heterocycles. The number of sulfonamides is 1. The van der Waals surface area contributed by atoms with Gasteiger partial charge in [0.1, 0.15) is 0 Å². The molecule has 6 nitrogen and oxygen atoms in total. The second-order valence-corrected chi connectivity index (χ2v) is 9.13. The number of benzene rings is 1. The highest BCUT2D eigenvalue weighted by Gasteiger charge is 2.28. The van der Waals surface area contributed by atoms with E-state index in [2.05, 4.69) is 5.32 Å². The summed E-state index contributed by atoms with van der Waals surface area (Å²) in [7, 11) is -3.52. The average Bonchev–Trinajstić information content (AvgIpc) is 3.13. The van der Waals surface area contributed by atoms with E-state index in [1.165, 1.54) is 33.8 Å². The maximum absolute atomic E-state index is 12.7. The highest BCUT2D eigenvalue weighted by Crippen LogP contribution is 2.28. The minimum Gasteiger partial charge on any atom is -0.327 e. The van der Waals surface area contributed by atoms with Crippen LogP contribution in [0.4, 0.5) is 5.69 Å². The van der Waals surface area contributed by atoms with Crippen molar-refractivity contribution in [2.24, 2.45) is 0 Å². The van der Waals surface area contributed by atoms with Crippen molar-refractivity contribution in [1.82, 2.24) is 4.31 Å². The van der Waals surface area contributed by atoms with Gasteiger partial charge in [-0.3, -0.25) is 4.79 Å². The van der Waals surface area contributed by atoms with Crippen LogP contribution in [0.2, 0.25) is 5.02 Å². The maximum atomic E-state index is 12.7. The van der Waals surface area contributed by atoms with Crippen molar-refractivity contribution in [3.05, 3.63) is 23.2 Å². The third-order valence-corrected chi connectivity index (χ3v) is 7.11. The summed E-state index contributed by atoms with van der Waals surface area (Å²) in [6.07, 6.45) is 5.29. The molecule has 0 unspecified atom stereocenters. The number of halogens is 1. The molecule has 1 aromatic carbocycles. The minimum absolute atomic E-state index is 0.130. The minimum atomic E-state index is -3.52. The fourth-order valence-corrected chi connectivity index (χ4v) is 5.20. The first-order chi connectivity index (χ1) is 12.0. The van der Waals surface area contributed by atoms with Crippen LogP contribution in [-0.2, 0) is 14.8 Å². The number of nitrogens with zero attached hydrogens (tertiary/aromatic N) is 1. The Balaban J connectivity index is 1.71. The number of likely N-dealkylation sites (tertiary alicyclic amines) is 1. The highest BCUT2D eigenvalue weighted by atomic mass is 35.5. The van der Waals surface area contributed by atoms with Gasteiger partial charge in [0, 0.05) is 13.1 Å². The molecule has 0 aromatic heterocycles. The molecule has 2 aliphatic rings. The first-order valence-electron chi connectivity index (χ1n) is 8.90. The number of piperidine rings is 1. The topological polar surface area (TPSA) is 70.9 Å². The van der Waals surface area contributed by atoms with Gasteiger partial charge in [-0.15, -0.1) is 0 Å². The van der Waals surface area contributed by atoms with Crippen LogP contribution in [0.15, 0.2) is 23.1 Å². The van der Waals surface area contributed by atoms with E-state index >= 15 is 0 Å². The summed E-state index contributed by atoms with van der Waals surface area (Å²) < 4.78 is 26.8. The van der Waals surface area contributed by atoms with Crippen LogP contribution in [0.1, 0.15) is 32.1 Å². The molecule has 2 aliphatic heterocycles. The second kappa shape index (κ2) is 8.03. The van der Waals surface area contributed by atoms with Crippen LogP contribution in [0, 0.1) is 0 Å². The summed E-state index contributed by atoms with van der Waals surface area (Å²) >= 11 is 6.16. The third-order valence-electron chi connectivity index (χ3n) is 4.89. The molecular weight excluding hydrogens is 362 g/mol. The molecule has 0 bridgehead atoms. The molecule has 3 rings (SSSR count). The molecule has 2 N–H and O–H groups in total. The number of anilines is 1. The number of nitrogens with one attached hydrogen (secondary N) is 2. The lowest BCUT2D eigenvalue weighted by molar-refractivity contribution is -0.896.